The molecule has 1 fully saturated rings. The molecule has 1 aromatic heterocycles. The molecular weight excluding hydrogens is 483 g/mol. The topological polar surface area (TPSA) is 91.1 Å². The molecule has 0 spiro atoms. The van der Waals surface area contributed by atoms with E-state index in [1.165, 1.54) is 12.1 Å². The van der Waals surface area contributed by atoms with Gasteiger partial charge in [0.15, 0.2) is 5.82 Å². The molecule has 0 radical (unpaired) electrons. The average molecular weight is 510 g/mol. The molecule has 0 unspecified atom stereocenters. The fourth-order valence-corrected chi connectivity index (χ4v) is 4.37. The van der Waals surface area contributed by atoms with Crippen LogP contribution in [0.1, 0.15) is 39.9 Å². The normalized spacial score (nSPS) is 14.2. The number of nitrogens with zero attached hydrogens (tertiary/aromatic N) is 4. The minimum atomic E-state index is -4.77. The Hall–Kier alpha value is -4.13. The van der Waals surface area contributed by atoms with Gasteiger partial charge in [-0.1, -0.05) is 12.1 Å². The first kappa shape index (κ1) is 25.9. The average Bonchev–Trinajstić information content (AvgIpc) is 2.89. The summed E-state index contributed by atoms with van der Waals surface area (Å²) in [4.78, 5) is 14.6. The van der Waals surface area contributed by atoms with Crippen molar-refractivity contribution in [2.24, 2.45) is 5.92 Å². The van der Waals surface area contributed by atoms with E-state index in [1.807, 2.05) is 26.0 Å². The Morgan fingerprint density at radius 1 is 1.05 bits per heavy atom. The van der Waals surface area contributed by atoms with Gasteiger partial charge in [-0.3, -0.25) is 4.79 Å². The zero-order valence-electron chi connectivity index (χ0n) is 20.5. The maximum atomic E-state index is 12.4. The van der Waals surface area contributed by atoms with Crippen molar-refractivity contribution in [1.29, 1.82) is 5.26 Å². The van der Waals surface area contributed by atoms with Crippen molar-refractivity contribution in [3.63, 3.8) is 0 Å². The number of nitriles is 1. The molecule has 2 aromatic carbocycles. The van der Waals surface area contributed by atoms with E-state index in [1.54, 1.807) is 12.1 Å². The van der Waals surface area contributed by atoms with Crippen LogP contribution in [0.15, 0.2) is 48.5 Å². The summed E-state index contributed by atoms with van der Waals surface area (Å²) in [6.07, 6.45) is -3.05. The lowest BCUT2D eigenvalue weighted by atomic mass is 9.96. The Balaban J connectivity index is 1.31. The van der Waals surface area contributed by atoms with Gasteiger partial charge in [0.2, 0.25) is 0 Å². The number of rotatable bonds is 6. The summed E-state index contributed by atoms with van der Waals surface area (Å²) in [7, 11) is 0. The third kappa shape index (κ3) is 6.36. The van der Waals surface area contributed by atoms with E-state index < -0.39 is 6.36 Å². The fourth-order valence-electron chi connectivity index (χ4n) is 4.37. The highest BCUT2D eigenvalue weighted by Gasteiger charge is 2.31. The maximum Gasteiger partial charge on any atom is 0.573 e. The molecule has 1 N–H and O–H groups in total. The minimum absolute atomic E-state index is 0.274. The molecule has 192 valence electrons. The molecule has 0 bridgehead atoms. The summed E-state index contributed by atoms with van der Waals surface area (Å²) in [5, 5.41) is 20.9. The van der Waals surface area contributed by atoms with Gasteiger partial charge < -0.3 is 15.0 Å². The van der Waals surface area contributed by atoms with Crippen molar-refractivity contribution in [3.05, 3.63) is 70.8 Å². The van der Waals surface area contributed by atoms with Crippen LogP contribution in [0.5, 0.6) is 5.75 Å². The fraction of sp³-hybridized carbons (Fsp3) is 0.333. The molecular formula is C27H26F3N5O2. The molecule has 0 saturated carbocycles. The number of amides is 1. The lowest BCUT2D eigenvalue weighted by Crippen LogP contribution is -2.39. The number of halogens is 3. The molecule has 0 atom stereocenters. The van der Waals surface area contributed by atoms with Crippen LogP contribution in [0, 0.1) is 31.1 Å². The second kappa shape index (κ2) is 10.9. The van der Waals surface area contributed by atoms with Crippen molar-refractivity contribution < 1.29 is 22.7 Å². The van der Waals surface area contributed by atoms with Crippen LogP contribution in [0.2, 0.25) is 0 Å². The van der Waals surface area contributed by atoms with E-state index in [4.69, 9.17) is 5.26 Å². The summed E-state index contributed by atoms with van der Waals surface area (Å²) in [5.74, 6) is 0.422. The number of carbonyl (C=O) groups excluding carboxylic acids is 1. The molecule has 7 nitrogen and oxygen atoms in total. The number of piperidine rings is 1. The zero-order chi connectivity index (χ0) is 26.6. The highest BCUT2D eigenvalue weighted by molar-refractivity contribution is 5.94. The van der Waals surface area contributed by atoms with Crippen LogP contribution in [-0.2, 0) is 0 Å². The predicted molar refractivity (Wildman–Crippen MR) is 132 cm³/mol. The predicted octanol–water partition coefficient (Wildman–Crippen LogP) is 5.18. The van der Waals surface area contributed by atoms with Gasteiger partial charge in [-0.15, -0.1) is 23.4 Å². The summed E-state index contributed by atoms with van der Waals surface area (Å²) in [6, 6.07) is 14.3. The van der Waals surface area contributed by atoms with Crippen molar-refractivity contribution in [2.75, 3.05) is 24.5 Å². The van der Waals surface area contributed by atoms with Gasteiger partial charge in [-0.05, 0) is 80.1 Å². The maximum absolute atomic E-state index is 12.4. The summed E-state index contributed by atoms with van der Waals surface area (Å²) in [5.41, 5.74) is 4.66. The van der Waals surface area contributed by atoms with E-state index >= 15 is 0 Å². The lowest BCUT2D eigenvalue weighted by molar-refractivity contribution is -0.274. The van der Waals surface area contributed by atoms with Gasteiger partial charge in [0.25, 0.3) is 5.91 Å². The Morgan fingerprint density at radius 3 is 2.30 bits per heavy atom. The Morgan fingerprint density at radius 2 is 1.70 bits per heavy atom. The van der Waals surface area contributed by atoms with Crippen molar-refractivity contribution in [2.45, 2.75) is 33.1 Å². The van der Waals surface area contributed by atoms with Crippen LogP contribution in [0.25, 0.3) is 11.3 Å². The van der Waals surface area contributed by atoms with Gasteiger partial charge in [-0.25, -0.2) is 0 Å². The molecule has 3 aromatic rings. The van der Waals surface area contributed by atoms with E-state index in [2.05, 4.69) is 31.2 Å². The number of carbonyl (C=O) groups is 1. The first-order chi connectivity index (χ1) is 17.6. The molecule has 4 rings (SSSR count). The molecule has 0 aliphatic carbocycles. The monoisotopic (exact) mass is 509 g/mol. The molecule has 2 heterocycles. The molecule has 1 amide bonds. The number of alkyl halides is 3. The zero-order valence-corrected chi connectivity index (χ0v) is 20.5. The molecule has 37 heavy (non-hydrogen) atoms. The van der Waals surface area contributed by atoms with Crippen LogP contribution >= 0.6 is 0 Å². The van der Waals surface area contributed by atoms with Gasteiger partial charge in [-0.2, -0.15) is 5.26 Å². The van der Waals surface area contributed by atoms with E-state index in [-0.39, 0.29) is 23.1 Å². The third-order valence-electron chi connectivity index (χ3n) is 6.60. The lowest BCUT2D eigenvalue weighted by Gasteiger charge is -2.33. The van der Waals surface area contributed by atoms with Gasteiger partial charge in [0, 0.05) is 30.8 Å². The van der Waals surface area contributed by atoms with E-state index in [0.717, 1.165) is 66.3 Å². The number of hydrogen-bond donors (Lipinski definition) is 1. The standard InChI is InChI=1S/C27H26F3N5O2/c1-17-18(2)25(34-33-24(17)21-5-3-19(15-31)4-6-21)35-13-11-20(12-14-35)16-32-26(36)22-7-9-23(10-8-22)37-27(28,29)30/h3-10,20H,11-14,16H2,1-2H3,(H,32,36). The van der Waals surface area contributed by atoms with Gasteiger partial charge >= 0.3 is 6.36 Å². The highest BCUT2D eigenvalue weighted by atomic mass is 19.4. The summed E-state index contributed by atoms with van der Waals surface area (Å²) >= 11 is 0. The first-order valence-corrected chi connectivity index (χ1v) is 11.9. The Bertz CT molecular complexity index is 1290. The molecule has 1 aliphatic heterocycles. The smallest absolute Gasteiger partial charge is 0.406 e. The number of nitrogens with one attached hydrogen (secondary N) is 1. The Labute approximate surface area is 212 Å². The summed E-state index contributed by atoms with van der Waals surface area (Å²) < 4.78 is 40.7. The second-order valence-electron chi connectivity index (χ2n) is 9.02. The second-order valence-corrected chi connectivity index (χ2v) is 9.02. The summed E-state index contributed by atoms with van der Waals surface area (Å²) in [6.45, 7) is 6.08. The number of aromatic nitrogens is 2. The van der Waals surface area contributed by atoms with Crippen LogP contribution in [-0.4, -0.2) is 42.1 Å². The van der Waals surface area contributed by atoms with Crippen molar-refractivity contribution in [1.82, 2.24) is 15.5 Å². The molecule has 1 saturated heterocycles. The number of benzene rings is 2. The van der Waals surface area contributed by atoms with Crippen molar-refractivity contribution in [3.8, 4) is 23.1 Å². The third-order valence-corrected chi connectivity index (χ3v) is 6.60. The number of anilines is 1. The number of ether oxygens (including phenoxy) is 1. The SMILES string of the molecule is Cc1c(-c2ccc(C#N)cc2)nnc(N2CCC(CNC(=O)c3ccc(OC(F)(F)F)cc3)CC2)c1C. The van der Waals surface area contributed by atoms with E-state index in [0.29, 0.717) is 12.1 Å². The molecule has 10 heteroatoms. The van der Waals surface area contributed by atoms with Gasteiger partial charge in [0.1, 0.15) is 5.75 Å². The molecule has 1 aliphatic rings. The highest BCUT2D eigenvalue weighted by Crippen LogP contribution is 2.30. The van der Waals surface area contributed by atoms with Crippen LogP contribution in [0.3, 0.4) is 0 Å². The first-order valence-electron chi connectivity index (χ1n) is 11.9. The largest absolute Gasteiger partial charge is 0.573 e. The van der Waals surface area contributed by atoms with Crippen molar-refractivity contribution >= 4 is 11.7 Å². The van der Waals surface area contributed by atoms with Gasteiger partial charge in [0.05, 0.1) is 17.3 Å². The van der Waals surface area contributed by atoms with Crippen LogP contribution < -0.4 is 15.0 Å². The van der Waals surface area contributed by atoms with Crippen LogP contribution in [0.4, 0.5) is 19.0 Å². The quantitative estimate of drug-likeness (QED) is 0.493. The van der Waals surface area contributed by atoms with E-state index in [9.17, 15) is 18.0 Å². The minimum Gasteiger partial charge on any atom is -0.406 e. The number of hydrogen-bond acceptors (Lipinski definition) is 6. The Kier molecular flexibility index (Phi) is 7.62.